The number of carbonyl (C=O) groups is 1. The Morgan fingerprint density at radius 1 is 1.16 bits per heavy atom. The molecule has 128 valence electrons. The summed E-state index contributed by atoms with van der Waals surface area (Å²) in [5.41, 5.74) is 2.98. The van der Waals surface area contributed by atoms with Gasteiger partial charge in [0.05, 0.1) is 0 Å². The number of nitrogens with one attached hydrogen (secondary N) is 2. The summed E-state index contributed by atoms with van der Waals surface area (Å²) >= 11 is 0. The highest BCUT2D eigenvalue weighted by Gasteiger charge is 2.15. The van der Waals surface area contributed by atoms with Crippen molar-refractivity contribution >= 4 is 11.6 Å². The molecule has 7 heteroatoms. The zero-order valence-electron chi connectivity index (χ0n) is 14.5. The highest BCUT2D eigenvalue weighted by atomic mass is 16.2. The smallest absolute Gasteiger partial charge is 0.263 e. The zero-order valence-corrected chi connectivity index (χ0v) is 14.5. The van der Waals surface area contributed by atoms with Gasteiger partial charge in [0.1, 0.15) is 11.4 Å². The van der Waals surface area contributed by atoms with E-state index in [-0.39, 0.29) is 11.1 Å². The van der Waals surface area contributed by atoms with Crippen LogP contribution >= 0.6 is 0 Å². The number of rotatable bonds is 3. The largest absolute Gasteiger partial charge is 0.322 e. The first-order valence-electron chi connectivity index (χ1n) is 7.85. The van der Waals surface area contributed by atoms with E-state index in [0.717, 1.165) is 22.6 Å². The molecule has 7 nitrogen and oxygen atoms in total. The van der Waals surface area contributed by atoms with Crippen molar-refractivity contribution in [1.82, 2.24) is 19.7 Å². The van der Waals surface area contributed by atoms with E-state index in [9.17, 15) is 9.59 Å². The molecule has 0 aliphatic carbocycles. The molecule has 25 heavy (non-hydrogen) atoms. The number of aryl methyl sites for hydroxylation is 2. The Hall–Kier alpha value is -3.22. The molecule has 0 aliphatic rings. The van der Waals surface area contributed by atoms with Crippen molar-refractivity contribution in [2.45, 2.75) is 20.8 Å². The molecule has 0 saturated carbocycles. The van der Waals surface area contributed by atoms with Crippen molar-refractivity contribution < 1.29 is 4.79 Å². The minimum absolute atomic E-state index is 0.124. The maximum absolute atomic E-state index is 12.5. The maximum atomic E-state index is 12.5. The molecular weight excluding hydrogens is 318 g/mol. The van der Waals surface area contributed by atoms with Gasteiger partial charge in [-0.3, -0.25) is 14.7 Å². The quantitative estimate of drug-likeness (QED) is 0.767. The molecule has 0 saturated heterocycles. The van der Waals surface area contributed by atoms with Gasteiger partial charge in [-0.05, 0) is 56.7 Å². The second kappa shape index (κ2) is 6.35. The van der Waals surface area contributed by atoms with Crippen LogP contribution in [0.1, 0.15) is 27.4 Å². The molecule has 0 unspecified atom stereocenters. The molecule has 1 amide bonds. The fourth-order valence-electron chi connectivity index (χ4n) is 2.52. The lowest BCUT2D eigenvalue weighted by molar-refractivity contribution is 0.102. The second-order valence-corrected chi connectivity index (χ2v) is 5.97. The van der Waals surface area contributed by atoms with Crippen LogP contribution in [0.3, 0.4) is 0 Å². The van der Waals surface area contributed by atoms with E-state index < -0.39 is 5.91 Å². The molecular formula is C18H19N5O2. The number of pyridine rings is 1. The predicted octanol–water partition coefficient (Wildman–Crippen LogP) is 2.35. The average molecular weight is 337 g/mol. The van der Waals surface area contributed by atoms with Gasteiger partial charge in [-0.1, -0.05) is 0 Å². The Labute approximate surface area is 144 Å². The van der Waals surface area contributed by atoms with Crippen LogP contribution in [0.2, 0.25) is 0 Å². The number of hydrogen-bond acceptors (Lipinski definition) is 4. The zero-order chi connectivity index (χ0) is 18.1. The molecule has 0 spiro atoms. The van der Waals surface area contributed by atoms with Crippen LogP contribution in [0.25, 0.3) is 11.4 Å². The maximum Gasteiger partial charge on any atom is 0.263 e. The molecule has 2 aromatic heterocycles. The first-order valence-corrected chi connectivity index (χ1v) is 7.85. The molecule has 1 aromatic carbocycles. The fourth-order valence-corrected chi connectivity index (χ4v) is 2.52. The Kier molecular flexibility index (Phi) is 4.22. The number of hydrogen-bond donors (Lipinski definition) is 2. The number of amides is 1. The van der Waals surface area contributed by atoms with Crippen LogP contribution < -0.4 is 10.9 Å². The molecule has 0 fully saturated rings. The summed E-state index contributed by atoms with van der Waals surface area (Å²) in [6.07, 6.45) is 0. The molecule has 3 rings (SSSR count). The summed E-state index contributed by atoms with van der Waals surface area (Å²) in [7, 11) is 1.66. The average Bonchev–Trinajstić information content (AvgIpc) is 3.03. The van der Waals surface area contributed by atoms with Crippen molar-refractivity contribution in [3.05, 3.63) is 63.3 Å². The van der Waals surface area contributed by atoms with Crippen LogP contribution in [0.4, 0.5) is 5.69 Å². The summed E-state index contributed by atoms with van der Waals surface area (Å²) in [5.74, 6) is 0.904. The van der Waals surface area contributed by atoms with Gasteiger partial charge >= 0.3 is 0 Å². The third-order valence-electron chi connectivity index (χ3n) is 4.21. The van der Waals surface area contributed by atoms with Gasteiger partial charge in [-0.2, -0.15) is 5.10 Å². The second-order valence-electron chi connectivity index (χ2n) is 5.97. The van der Waals surface area contributed by atoms with E-state index in [4.69, 9.17) is 0 Å². The van der Waals surface area contributed by atoms with E-state index in [1.54, 1.807) is 25.2 Å². The summed E-state index contributed by atoms with van der Waals surface area (Å²) in [5, 5.41) is 9.64. The number of aromatic nitrogens is 4. The van der Waals surface area contributed by atoms with E-state index in [2.05, 4.69) is 20.5 Å². The standard InChI is InChI=1S/C18H19N5O2/c1-10-9-15(18(25)23(4)11(10)2)17(24)20-14-7-5-13(6-8-14)16-19-12(3)21-22-16/h5-9H,1-4H3,(H,20,24)(H,19,21,22). The number of carbonyl (C=O) groups excluding carboxylic acids is 1. The van der Waals surface area contributed by atoms with Crippen molar-refractivity contribution in [3.8, 4) is 11.4 Å². The SMILES string of the molecule is Cc1nc(-c2ccc(NC(=O)c3cc(C)c(C)n(C)c3=O)cc2)n[nH]1. The summed E-state index contributed by atoms with van der Waals surface area (Å²) in [6.45, 7) is 5.55. The lowest BCUT2D eigenvalue weighted by Gasteiger charge is -2.11. The molecule has 0 radical (unpaired) electrons. The summed E-state index contributed by atoms with van der Waals surface area (Å²) < 4.78 is 1.49. The van der Waals surface area contributed by atoms with Crippen LogP contribution in [-0.4, -0.2) is 25.7 Å². The first-order chi connectivity index (χ1) is 11.9. The van der Waals surface area contributed by atoms with E-state index in [0.29, 0.717) is 11.5 Å². The Bertz CT molecular complexity index is 999. The number of nitrogens with zero attached hydrogens (tertiary/aromatic N) is 3. The third-order valence-corrected chi connectivity index (χ3v) is 4.21. The Morgan fingerprint density at radius 3 is 2.44 bits per heavy atom. The third kappa shape index (κ3) is 3.21. The van der Waals surface area contributed by atoms with E-state index in [1.807, 2.05) is 32.9 Å². The van der Waals surface area contributed by atoms with Crippen LogP contribution in [0.15, 0.2) is 35.1 Å². The van der Waals surface area contributed by atoms with Crippen molar-refractivity contribution in [3.63, 3.8) is 0 Å². The molecule has 2 heterocycles. The summed E-state index contributed by atoms with van der Waals surface area (Å²) in [6, 6.07) is 8.76. The highest BCUT2D eigenvalue weighted by Crippen LogP contribution is 2.18. The number of anilines is 1. The van der Waals surface area contributed by atoms with Crippen LogP contribution in [-0.2, 0) is 7.05 Å². The predicted molar refractivity (Wildman–Crippen MR) is 95.7 cm³/mol. The minimum atomic E-state index is -0.426. The topological polar surface area (TPSA) is 92.7 Å². The van der Waals surface area contributed by atoms with Gasteiger partial charge in [0.15, 0.2) is 5.82 Å². The molecule has 0 aliphatic heterocycles. The molecule has 3 aromatic rings. The van der Waals surface area contributed by atoms with Gasteiger partial charge in [-0.25, -0.2) is 4.98 Å². The van der Waals surface area contributed by atoms with Gasteiger partial charge in [0.25, 0.3) is 11.5 Å². The first kappa shape index (κ1) is 16.6. The molecule has 0 atom stereocenters. The van der Waals surface area contributed by atoms with Crippen LogP contribution in [0, 0.1) is 20.8 Å². The van der Waals surface area contributed by atoms with Crippen molar-refractivity contribution in [2.24, 2.45) is 7.05 Å². The normalized spacial score (nSPS) is 10.7. The number of benzene rings is 1. The van der Waals surface area contributed by atoms with Gasteiger partial charge < -0.3 is 9.88 Å². The number of aromatic amines is 1. The molecule has 2 N–H and O–H groups in total. The Morgan fingerprint density at radius 2 is 1.84 bits per heavy atom. The van der Waals surface area contributed by atoms with Crippen LogP contribution in [0.5, 0.6) is 0 Å². The Balaban J connectivity index is 1.83. The molecule has 0 bridgehead atoms. The number of H-pyrrole nitrogens is 1. The minimum Gasteiger partial charge on any atom is -0.322 e. The fraction of sp³-hybridized carbons (Fsp3) is 0.222. The van der Waals surface area contributed by atoms with E-state index >= 15 is 0 Å². The monoisotopic (exact) mass is 337 g/mol. The lowest BCUT2D eigenvalue weighted by atomic mass is 10.1. The van der Waals surface area contributed by atoms with Gasteiger partial charge in [0.2, 0.25) is 0 Å². The van der Waals surface area contributed by atoms with Gasteiger partial charge in [-0.15, -0.1) is 0 Å². The lowest BCUT2D eigenvalue weighted by Crippen LogP contribution is -2.29. The van der Waals surface area contributed by atoms with Crippen molar-refractivity contribution in [1.29, 1.82) is 0 Å². The highest BCUT2D eigenvalue weighted by molar-refractivity contribution is 6.04. The summed E-state index contributed by atoms with van der Waals surface area (Å²) in [4.78, 5) is 29.0. The van der Waals surface area contributed by atoms with E-state index in [1.165, 1.54) is 4.57 Å². The van der Waals surface area contributed by atoms with Crippen molar-refractivity contribution in [2.75, 3.05) is 5.32 Å². The van der Waals surface area contributed by atoms with Gasteiger partial charge in [0, 0.05) is 24.0 Å².